The number of benzene rings is 2. The minimum absolute atomic E-state index is 0.0405. The lowest BCUT2D eigenvalue weighted by atomic mass is 9.91. The van der Waals surface area contributed by atoms with Crippen LogP contribution in [0.2, 0.25) is 0 Å². The Bertz CT molecular complexity index is 540. The van der Waals surface area contributed by atoms with E-state index in [1.165, 1.54) is 0 Å². The molecule has 0 bridgehead atoms. The molecule has 1 atom stereocenters. The molecule has 20 heavy (non-hydrogen) atoms. The summed E-state index contributed by atoms with van der Waals surface area (Å²) in [6, 6.07) is 18.2. The van der Waals surface area contributed by atoms with Crippen LogP contribution in [0.5, 0.6) is 0 Å². The third-order valence-corrected chi connectivity index (χ3v) is 3.18. The SMILES string of the molecule is O=C(C[C@@H](CN([O-])O)c1ccccc1)c1ccccc1. The Hall–Kier alpha value is -2.01. The van der Waals surface area contributed by atoms with Gasteiger partial charge in [-0.2, -0.15) is 0 Å². The molecule has 0 heterocycles. The summed E-state index contributed by atoms with van der Waals surface area (Å²) in [7, 11) is 0. The van der Waals surface area contributed by atoms with E-state index in [0.29, 0.717) is 5.56 Å². The van der Waals surface area contributed by atoms with Crippen molar-refractivity contribution in [2.75, 3.05) is 6.54 Å². The van der Waals surface area contributed by atoms with Crippen LogP contribution in [0, 0.1) is 5.21 Å². The lowest BCUT2D eigenvalue weighted by molar-refractivity contribution is -0.0453. The zero-order chi connectivity index (χ0) is 14.4. The third-order valence-electron chi connectivity index (χ3n) is 3.18. The summed E-state index contributed by atoms with van der Waals surface area (Å²) in [4.78, 5) is 12.2. The van der Waals surface area contributed by atoms with Gasteiger partial charge < -0.3 is 10.4 Å². The highest BCUT2D eigenvalue weighted by Gasteiger charge is 2.17. The van der Waals surface area contributed by atoms with Crippen LogP contribution in [0.3, 0.4) is 0 Å². The topological polar surface area (TPSA) is 63.6 Å². The second-order valence-corrected chi connectivity index (χ2v) is 4.64. The van der Waals surface area contributed by atoms with Crippen molar-refractivity contribution in [3.63, 3.8) is 0 Å². The van der Waals surface area contributed by atoms with Gasteiger partial charge in [-0.15, -0.1) is 0 Å². The van der Waals surface area contributed by atoms with Crippen LogP contribution in [-0.2, 0) is 0 Å². The van der Waals surface area contributed by atoms with Crippen molar-refractivity contribution in [2.24, 2.45) is 0 Å². The van der Waals surface area contributed by atoms with Crippen molar-refractivity contribution in [3.05, 3.63) is 77.0 Å². The molecule has 0 fully saturated rings. The van der Waals surface area contributed by atoms with Gasteiger partial charge in [0, 0.05) is 24.4 Å². The fraction of sp³-hybridized carbons (Fsp3) is 0.188. The van der Waals surface area contributed by atoms with Crippen molar-refractivity contribution in [1.29, 1.82) is 0 Å². The molecular formula is C16H16NO3-. The maximum atomic E-state index is 12.2. The minimum atomic E-state index is -0.327. The van der Waals surface area contributed by atoms with E-state index in [0.717, 1.165) is 5.56 Å². The molecule has 0 aliphatic carbocycles. The lowest BCUT2D eigenvalue weighted by Crippen LogP contribution is -2.21. The highest BCUT2D eigenvalue weighted by molar-refractivity contribution is 5.96. The number of ketones is 1. The van der Waals surface area contributed by atoms with Crippen LogP contribution in [0.15, 0.2) is 60.7 Å². The van der Waals surface area contributed by atoms with E-state index in [9.17, 15) is 10.0 Å². The van der Waals surface area contributed by atoms with E-state index in [2.05, 4.69) is 0 Å². The van der Waals surface area contributed by atoms with Crippen molar-refractivity contribution in [2.45, 2.75) is 12.3 Å². The second kappa shape index (κ2) is 6.96. The summed E-state index contributed by atoms with van der Waals surface area (Å²) >= 11 is 0. The van der Waals surface area contributed by atoms with Crippen LogP contribution in [0.4, 0.5) is 0 Å². The molecule has 0 amide bonds. The van der Waals surface area contributed by atoms with Crippen LogP contribution in [0.25, 0.3) is 0 Å². The second-order valence-electron chi connectivity index (χ2n) is 4.64. The van der Waals surface area contributed by atoms with E-state index in [1.807, 2.05) is 36.4 Å². The molecule has 2 aromatic rings. The van der Waals surface area contributed by atoms with Gasteiger partial charge in [-0.3, -0.25) is 10.0 Å². The average molecular weight is 270 g/mol. The number of rotatable bonds is 6. The number of hydroxylamine groups is 2. The summed E-state index contributed by atoms with van der Waals surface area (Å²) in [5.74, 6) is -0.368. The smallest absolute Gasteiger partial charge is 0.163 e. The van der Waals surface area contributed by atoms with E-state index in [1.54, 1.807) is 24.3 Å². The van der Waals surface area contributed by atoms with Gasteiger partial charge in [0.2, 0.25) is 0 Å². The molecule has 0 saturated heterocycles. The molecule has 1 N–H and O–H groups in total. The number of hydrogen-bond donors (Lipinski definition) is 1. The zero-order valence-corrected chi connectivity index (χ0v) is 11.0. The number of nitrogens with zero attached hydrogens (tertiary/aromatic N) is 1. The van der Waals surface area contributed by atoms with Crippen LogP contribution in [-0.4, -0.2) is 22.8 Å². The van der Waals surface area contributed by atoms with Crippen LogP contribution in [0.1, 0.15) is 28.3 Å². The average Bonchev–Trinajstić information content (AvgIpc) is 2.48. The van der Waals surface area contributed by atoms with E-state index in [-0.39, 0.29) is 29.9 Å². The van der Waals surface area contributed by atoms with Gasteiger partial charge in [-0.1, -0.05) is 60.7 Å². The molecule has 0 aliphatic heterocycles. The molecule has 0 unspecified atom stereocenters. The first kappa shape index (κ1) is 14.4. The van der Waals surface area contributed by atoms with Gasteiger partial charge in [0.05, 0.1) is 0 Å². The molecule has 4 nitrogen and oxygen atoms in total. The summed E-state index contributed by atoms with van der Waals surface area (Å²) in [6.07, 6.45) is 0.188. The van der Waals surface area contributed by atoms with E-state index in [4.69, 9.17) is 5.21 Å². The summed E-state index contributed by atoms with van der Waals surface area (Å²) in [5.41, 5.74) is 1.48. The summed E-state index contributed by atoms with van der Waals surface area (Å²) in [6.45, 7) is -0.122. The first-order chi connectivity index (χ1) is 9.66. The Labute approximate surface area is 117 Å². The summed E-state index contributed by atoms with van der Waals surface area (Å²) < 4.78 is 0. The highest BCUT2D eigenvalue weighted by Crippen LogP contribution is 2.22. The number of carbonyl (C=O) groups excluding carboxylic acids is 1. The standard InChI is InChI=1S/C16H16NO3/c18-16(14-9-5-2-6-10-14)11-15(12-17(19)20)13-7-3-1-4-8-13/h1-10,15,19H,11-12H2/q-1/t15-/m0/s1. The van der Waals surface area contributed by atoms with E-state index < -0.39 is 0 Å². The Kier molecular flexibility index (Phi) is 5.01. The van der Waals surface area contributed by atoms with Crippen molar-refractivity contribution < 1.29 is 10.0 Å². The maximum Gasteiger partial charge on any atom is 0.163 e. The van der Waals surface area contributed by atoms with Crippen molar-refractivity contribution in [1.82, 2.24) is 5.23 Å². The molecular weight excluding hydrogens is 254 g/mol. The monoisotopic (exact) mass is 270 g/mol. The van der Waals surface area contributed by atoms with Gasteiger partial charge >= 0.3 is 0 Å². The minimum Gasteiger partial charge on any atom is -0.762 e. The van der Waals surface area contributed by atoms with Gasteiger partial charge in [0.1, 0.15) is 0 Å². The Morgan fingerprint density at radius 2 is 1.60 bits per heavy atom. The van der Waals surface area contributed by atoms with Crippen molar-refractivity contribution >= 4 is 5.78 Å². The van der Waals surface area contributed by atoms with Gasteiger partial charge in [-0.05, 0) is 5.56 Å². The molecule has 104 valence electrons. The number of carbonyl (C=O) groups is 1. The third kappa shape index (κ3) is 3.99. The van der Waals surface area contributed by atoms with Crippen LogP contribution < -0.4 is 0 Å². The Balaban J connectivity index is 2.14. The van der Waals surface area contributed by atoms with Crippen LogP contribution >= 0.6 is 0 Å². The molecule has 0 aliphatic rings. The first-order valence-electron chi connectivity index (χ1n) is 6.43. The Morgan fingerprint density at radius 3 is 2.15 bits per heavy atom. The van der Waals surface area contributed by atoms with Crippen molar-refractivity contribution in [3.8, 4) is 0 Å². The lowest BCUT2D eigenvalue weighted by Gasteiger charge is -2.26. The molecule has 2 aromatic carbocycles. The molecule has 0 aromatic heterocycles. The molecule has 4 heteroatoms. The number of Topliss-reactive ketones (excluding diaryl/α,β-unsaturated/α-hetero) is 1. The zero-order valence-electron chi connectivity index (χ0n) is 11.0. The predicted molar refractivity (Wildman–Crippen MR) is 76.4 cm³/mol. The molecule has 0 saturated carbocycles. The quantitative estimate of drug-likeness (QED) is 0.646. The molecule has 2 rings (SSSR count). The predicted octanol–water partition coefficient (Wildman–Crippen LogP) is 3.23. The number of hydrogen-bond acceptors (Lipinski definition) is 4. The largest absolute Gasteiger partial charge is 0.762 e. The highest BCUT2D eigenvalue weighted by atomic mass is 16.8. The van der Waals surface area contributed by atoms with E-state index >= 15 is 0 Å². The van der Waals surface area contributed by atoms with Gasteiger partial charge in [0.25, 0.3) is 0 Å². The first-order valence-corrected chi connectivity index (χ1v) is 6.43. The Morgan fingerprint density at radius 1 is 1.05 bits per heavy atom. The summed E-state index contributed by atoms with van der Waals surface area (Å²) in [5, 5.41) is 19.7. The van der Waals surface area contributed by atoms with Gasteiger partial charge in [0.15, 0.2) is 5.78 Å². The maximum absolute atomic E-state index is 12.2. The fourth-order valence-corrected chi connectivity index (χ4v) is 2.17. The fourth-order valence-electron chi connectivity index (χ4n) is 2.17. The molecule has 0 radical (unpaired) electrons. The van der Waals surface area contributed by atoms with Gasteiger partial charge in [-0.25, -0.2) is 0 Å². The molecule has 0 spiro atoms. The normalized spacial score (nSPS) is 12.3.